The average Bonchev–Trinajstić information content (AvgIpc) is 2.75. The number of pyridine rings is 1. The van der Waals surface area contributed by atoms with Crippen LogP contribution in [0.15, 0.2) is 24.5 Å². The van der Waals surface area contributed by atoms with Crippen molar-refractivity contribution in [1.29, 1.82) is 0 Å². The van der Waals surface area contributed by atoms with Crippen molar-refractivity contribution >= 4 is 0 Å². The van der Waals surface area contributed by atoms with Crippen LogP contribution in [0.5, 0.6) is 0 Å². The summed E-state index contributed by atoms with van der Waals surface area (Å²) >= 11 is 0. The van der Waals surface area contributed by atoms with Gasteiger partial charge in [-0.2, -0.15) is 0 Å². The maximum absolute atomic E-state index is 2.37. The predicted molar refractivity (Wildman–Crippen MR) is 129 cm³/mol. The first kappa shape index (κ1) is 26.2. The second-order valence-corrected chi connectivity index (χ2v) is 9.20. The van der Waals surface area contributed by atoms with E-state index >= 15 is 0 Å². The SMILES string of the molecule is CCCCCCCCCCCCCCCc1cc[n+](CCCCCCCC)cc1. The van der Waals surface area contributed by atoms with E-state index in [1.807, 2.05) is 0 Å². The van der Waals surface area contributed by atoms with Gasteiger partial charge in [0.2, 0.25) is 0 Å². The molecular formula is C28H52N+. The van der Waals surface area contributed by atoms with Crippen LogP contribution in [-0.4, -0.2) is 0 Å². The van der Waals surface area contributed by atoms with Gasteiger partial charge in [0.15, 0.2) is 12.4 Å². The van der Waals surface area contributed by atoms with E-state index < -0.39 is 0 Å². The lowest BCUT2D eigenvalue weighted by molar-refractivity contribution is -0.697. The van der Waals surface area contributed by atoms with E-state index in [0.717, 1.165) is 0 Å². The van der Waals surface area contributed by atoms with Crippen LogP contribution in [0.4, 0.5) is 0 Å². The molecule has 0 bridgehead atoms. The molecule has 0 saturated heterocycles. The van der Waals surface area contributed by atoms with Crippen LogP contribution in [-0.2, 0) is 13.0 Å². The zero-order valence-electron chi connectivity index (χ0n) is 20.1. The van der Waals surface area contributed by atoms with Crippen LogP contribution < -0.4 is 4.57 Å². The van der Waals surface area contributed by atoms with Crippen LogP contribution in [0.25, 0.3) is 0 Å². The van der Waals surface area contributed by atoms with Crippen molar-refractivity contribution in [1.82, 2.24) is 0 Å². The van der Waals surface area contributed by atoms with Gasteiger partial charge in [0.05, 0.1) is 0 Å². The van der Waals surface area contributed by atoms with E-state index in [1.165, 1.54) is 141 Å². The number of nitrogens with zero attached hydrogens (tertiary/aromatic N) is 1. The second-order valence-electron chi connectivity index (χ2n) is 9.20. The zero-order valence-corrected chi connectivity index (χ0v) is 20.1. The van der Waals surface area contributed by atoms with Crippen molar-refractivity contribution in [3.8, 4) is 0 Å². The molecule has 1 aromatic rings. The molecule has 0 radical (unpaired) electrons. The maximum atomic E-state index is 2.37. The van der Waals surface area contributed by atoms with Gasteiger partial charge in [-0.05, 0) is 24.8 Å². The fraction of sp³-hybridized carbons (Fsp3) is 0.821. The molecule has 1 heteroatoms. The summed E-state index contributed by atoms with van der Waals surface area (Å²) in [5.74, 6) is 0. The van der Waals surface area contributed by atoms with Crippen molar-refractivity contribution < 1.29 is 4.57 Å². The molecule has 0 aliphatic heterocycles. The largest absolute Gasteiger partial charge is 0.205 e. The quantitative estimate of drug-likeness (QED) is 0.143. The average molecular weight is 403 g/mol. The fourth-order valence-electron chi connectivity index (χ4n) is 4.23. The van der Waals surface area contributed by atoms with E-state index in [0.29, 0.717) is 0 Å². The van der Waals surface area contributed by atoms with Gasteiger partial charge in [-0.15, -0.1) is 0 Å². The van der Waals surface area contributed by atoms with Gasteiger partial charge in [-0.3, -0.25) is 0 Å². The molecule has 0 amide bonds. The first-order valence-electron chi connectivity index (χ1n) is 13.3. The van der Waals surface area contributed by atoms with Crippen LogP contribution in [0.2, 0.25) is 0 Å². The van der Waals surface area contributed by atoms with Gasteiger partial charge in [-0.25, -0.2) is 4.57 Å². The third kappa shape index (κ3) is 16.6. The lowest BCUT2D eigenvalue weighted by atomic mass is 10.0. The third-order valence-corrected chi connectivity index (χ3v) is 6.30. The summed E-state index contributed by atoms with van der Waals surface area (Å²) in [6.07, 6.45) is 32.8. The lowest BCUT2D eigenvalue weighted by Gasteiger charge is -2.04. The summed E-state index contributed by atoms with van der Waals surface area (Å²) in [6.45, 7) is 5.77. The summed E-state index contributed by atoms with van der Waals surface area (Å²) < 4.78 is 2.37. The molecule has 168 valence electrons. The molecule has 0 atom stereocenters. The number of aromatic nitrogens is 1. The highest BCUT2D eigenvalue weighted by molar-refractivity contribution is 5.07. The third-order valence-electron chi connectivity index (χ3n) is 6.30. The molecule has 0 aromatic carbocycles. The minimum atomic E-state index is 1.19. The molecule has 1 nitrogen and oxygen atoms in total. The second kappa shape index (κ2) is 20.4. The van der Waals surface area contributed by atoms with E-state index in [4.69, 9.17) is 0 Å². The molecule has 0 aliphatic carbocycles. The van der Waals surface area contributed by atoms with Crippen LogP contribution >= 0.6 is 0 Å². The highest BCUT2D eigenvalue weighted by Crippen LogP contribution is 2.13. The normalized spacial score (nSPS) is 11.2. The minimum absolute atomic E-state index is 1.19. The summed E-state index contributed by atoms with van der Waals surface area (Å²) in [6, 6.07) is 4.69. The van der Waals surface area contributed by atoms with E-state index in [2.05, 4.69) is 42.9 Å². The molecule has 1 rings (SSSR count). The smallest absolute Gasteiger partial charge is 0.169 e. The van der Waals surface area contributed by atoms with Crippen molar-refractivity contribution in [2.24, 2.45) is 0 Å². The van der Waals surface area contributed by atoms with Crippen molar-refractivity contribution in [2.45, 2.75) is 149 Å². The van der Waals surface area contributed by atoms with Crippen LogP contribution in [0.3, 0.4) is 0 Å². The predicted octanol–water partition coefficient (Wildman–Crippen LogP) is 8.97. The monoisotopic (exact) mass is 402 g/mol. The van der Waals surface area contributed by atoms with Crippen molar-refractivity contribution in [2.75, 3.05) is 0 Å². The first-order chi connectivity index (χ1) is 14.4. The Labute approximate surface area is 183 Å². The standard InChI is InChI=1S/C28H52N/c1-3-5-7-9-11-12-13-14-15-16-17-18-20-22-28-23-26-29(27-24-28)25-21-19-10-8-6-4-2/h23-24,26-27H,3-22,25H2,1-2H3/q+1. The van der Waals surface area contributed by atoms with Crippen molar-refractivity contribution in [3.63, 3.8) is 0 Å². The highest BCUT2D eigenvalue weighted by atomic mass is 14.9. The molecular weight excluding hydrogens is 350 g/mol. The Kier molecular flexibility index (Phi) is 18.4. The van der Waals surface area contributed by atoms with Gasteiger partial charge < -0.3 is 0 Å². The van der Waals surface area contributed by atoms with Gasteiger partial charge in [-0.1, -0.05) is 117 Å². The minimum Gasteiger partial charge on any atom is -0.205 e. The fourth-order valence-corrected chi connectivity index (χ4v) is 4.23. The number of unbranched alkanes of at least 4 members (excludes halogenated alkanes) is 17. The van der Waals surface area contributed by atoms with E-state index in [-0.39, 0.29) is 0 Å². The van der Waals surface area contributed by atoms with Gasteiger partial charge in [0.1, 0.15) is 6.54 Å². The Morgan fingerprint density at radius 1 is 0.483 bits per heavy atom. The van der Waals surface area contributed by atoms with Crippen molar-refractivity contribution in [3.05, 3.63) is 30.1 Å². The molecule has 0 saturated carbocycles. The molecule has 29 heavy (non-hydrogen) atoms. The molecule has 0 unspecified atom stereocenters. The Hall–Kier alpha value is -0.850. The highest BCUT2D eigenvalue weighted by Gasteiger charge is 2.01. The molecule has 1 heterocycles. The molecule has 1 aromatic heterocycles. The Balaban J connectivity index is 1.89. The summed E-state index contributed by atoms with van der Waals surface area (Å²) in [4.78, 5) is 0. The van der Waals surface area contributed by atoms with E-state index in [1.54, 1.807) is 0 Å². The zero-order chi connectivity index (χ0) is 20.8. The van der Waals surface area contributed by atoms with Gasteiger partial charge in [0, 0.05) is 18.6 Å². The van der Waals surface area contributed by atoms with Gasteiger partial charge >= 0.3 is 0 Å². The number of hydrogen-bond donors (Lipinski definition) is 0. The summed E-state index contributed by atoms with van der Waals surface area (Å²) in [5, 5.41) is 0. The van der Waals surface area contributed by atoms with E-state index in [9.17, 15) is 0 Å². The molecule has 0 aliphatic rings. The first-order valence-corrected chi connectivity index (χ1v) is 13.3. The molecule has 0 N–H and O–H groups in total. The Bertz CT molecular complexity index is 436. The Morgan fingerprint density at radius 3 is 1.31 bits per heavy atom. The number of aryl methyl sites for hydroxylation is 2. The Morgan fingerprint density at radius 2 is 0.862 bits per heavy atom. The van der Waals surface area contributed by atoms with Gasteiger partial charge in [0.25, 0.3) is 0 Å². The summed E-state index contributed by atoms with van der Waals surface area (Å²) in [7, 11) is 0. The summed E-state index contributed by atoms with van der Waals surface area (Å²) in [5.41, 5.74) is 1.52. The van der Waals surface area contributed by atoms with Crippen LogP contribution in [0.1, 0.15) is 141 Å². The number of rotatable bonds is 21. The maximum Gasteiger partial charge on any atom is 0.169 e. The molecule has 0 spiro atoms. The van der Waals surface area contributed by atoms with Crippen LogP contribution in [0, 0.1) is 0 Å². The number of hydrogen-bond acceptors (Lipinski definition) is 0. The topological polar surface area (TPSA) is 3.88 Å². The lowest BCUT2D eigenvalue weighted by Crippen LogP contribution is -2.32. The molecule has 0 fully saturated rings.